The van der Waals surface area contributed by atoms with E-state index < -0.39 is 0 Å². The maximum atomic E-state index is 12.5. The summed E-state index contributed by atoms with van der Waals surface area (Å²) in [6, 6.07) is 9.11. The lowest BCUT2D eigenvalue weighted by Crippen LogP contribution is -2.52. The highest BCUT2D eigenvalue weighted by Gasteiger charge is 2.45. The van der Waals surface area contributed by atoms with Crippen LogP contribution in [0.3, 0.4) is 0 Å². The normalized spacial score (nSPS) is 25.2. The van der Waals surface area contributed by atoms with Crippen molar-refractivity contribution in [3.63, 3.8) is 0 Å². The molecule has 7 heteroatoms. The average Bonchev–Trinajstić information content (AvgIpc) is 2.85. The van der Waals surface area contributed by atoms with Gasteiger partial charge in [-0.25, -0.2) is 0 Å². The number of nitrogen functional groups attached to an aromatic ring is 1. The van der Waals surface area contributed by atoms with E-state index in [2.05, 4.69) is 70.1 Å². The van der Waals surface area contributed by atoms with Crippen LogP contribution in [-0.4, -0.2) is 34.8 Å². The SMILES string of the molecule is Cc1ccc(N2CN3c4c(nc(N)[nH]c4=O)N[C@@H](C)[C@@H]3[C@H]2C)cc1. The Bertz CT molecular complexity index is 830. The number of nitrogens with one attached hydrogen (secondary N) is 2. The molecule has 0 spiro atoms. The summed E-state index contributed by atoms with van der Waals surface area (Å²) in [7, 11) is 0. The molecule has 1 aromatic carbocycles. The standard InChI is InChI=1S/C17H22N6O/c1-9-4-6-12(7-5-9)22-8-23-13(11(22)3)10(2)19-15-14(23)16(24)21-17(18)20-15/h4-7,10-11,13H,8H2,1-3H3,(H4,18,19,20,21,24)/t10-,11+,13+/m0/s1. The fraction of sp³-hybridized carbons (Fsp3) is 0.412. The number of nitrogens with two attached hydrogens (primary N) is 1. The number of fused-ring (bicyclic) bond motifs is 3. The van der Waals surface area contributed by atoms with E-state index in [0.717, 1.165) is 5.69 Å². The zero-order valence-electron chi connectivity index (χ0n) is 14.1. The lowest BCUT2D eigenvalue weighted by atomic mass is 9.99. The summed E-state index contributed by atoms with van der Waals surface area (Å²) >= 11 is 0. The Kier molecular flexibility index (Phi) is 3.19. The summed E-state index contributed by atoms with van der Waals surface area (Å²) in [6.45, 7) is 7.06. The third-order valence-electron chi connectivity index (χ3n) is 5.09. The molecule has 24 heavy (non-hydrogen) atoms. The molecular formula is C17H22N6O. The topological polar surface area (TPSA) is 90.3 Å². The largest absolute Gasteiger partial charge is 0.369 e. The highest BCUT2D eigenvalue weighted by Crippen LogP contribution is 2.38. The van der Waals surface area contributed by atoms with Crippen molar-refractivity contribution in [2.45, 2.75) is 38.9 Å². The van der Waals surface area contributed by atoms with Crippen molar-refractivity contribution in [2.75, 3.05) is 27.5 Å². The maximum Gasteiger partial charge on any atom is 0.278 e. The van der Waals surface area contributed by atoms with Gasteiger partial charge in [0.2, 0.25) is 5.95 Å². The molecule has 0 saturated carbocycles. The Morgan fingerprint density at radius 3 is 2.62 bits per heavy atom. The minimum absolute atomic E-state index is 0.138. The van der Waals surface area contributed by atoms with E-state index in [0.29, 0.717) is 18.2 Å². The number of H-pyrrole nitrogens is 1. The lowest BCUT2D eigenvalue weighted by molar-refractivity contribution is 0.524. The third-order valence-corrected chi connectivity index (χ3v) is 5.09. The zero-order chi connectivity index (χ0) is 17.0. The molecule has 0 radical (unpaired) electrons. The van der Waals surface area contributed by atoms with Crippen molar-refractivity contribution in [3.8, 4) is 0 Å². The van der Waals surface area contributed by atoms with Gasteiger partial charge in [-0.2, -0.15) is 4.98 Å². The minimum atomic E-state index is -0.195. The van der Waals surface area contributed by atoms with Gasteiger partial charge in [0.1, 0.15) is 5.69 Å². The van der Waals surface area contributed by atoms with Crippen LogP contribution in [-0.2, 0) is 0 Å². The molecule has 4 N–H and O–H groups in total. The van der Waals surface area contributed by atoms with Gasteiger partial charge in [0.05, 0.1) is 18.8 Å². The molecule has 126 valence electrons. The molecule has 3 heterocycles. The quantitative estimate of drug-likeness (QED) is 0.736. The van der Waals surface area contributed by atoms with E-state index in [-0.39, 0.29) is 29.6 Å². The van der Waals surface area contributed by atoms with Crippen molar-refractivity contribution in [2.24, 2.45) is 0 Å². The minimum Gasteiger partial charge on any atom is -0.369 e. The first kappa shape index (κ1) is 14.9. The van der Waals surface area contributed by atoms with Crippen LogP contribution >= 0.6 is 0 Å². The van der Waals surface area contributed by atoms with Gasteiger partial charge < -0.3 is 20.9 Å². The van der Waals surface area contributed by atoms with Crippen LogP contribution in [0.15, 0.2) is 29.1 Å². The molecule has 0 aliphatic carbocycles. The first-order valence-electron chi connectivity index (χ1n) is 8.22. The molecule has 3 atom stereocenters. The van der Waals surface area contributed by atoms with Gasteiger partial charge in [-0.05, 0) is 32.9 Å². The summed E-state index contributed by atoms with van der Waals surface area (Å²) in [4.78, 5) is 23.8. The van der Waals surface area contributed by atoms with Crippen molar-refractivity contribution in [1.29, 1.82) is 0 Å². The average molecular weight is 326 g/mol. The van der Waals surface area contributed by atoms with Crippen LogP contribution in [0, 0.1) is 6.92 Å². The highest BCUT2D eigenvalue weighted by molar-refractivity contribution is 5.72. The van der Waals surface area contributed by atoms with E-state index in [4.69, 9.17) is 5.73 Å². The Labute approximate surface area is 140 Å². The maximum absolute atomic E-state index is 12.5. The Morgan fingerprint density at radius 2 is 1.92 bits per heavy atom. The number of benzene rings is 1. The van der Waals surface area contributed by atoms with Crippen LogP contribution in [0.4, 0.5) is 23.1 Å². The third kappa shape index (κ3) is 2.11. The van der Waals surface area contributed by atoms with Crippen LogP contribution in [0.1, 0.15) is 19.4 Å². The number of hydrogen-bond donors (Lipinski definition) is 3. The van der Waals surface area contributed by atoms with E-state index in [9.17, 15) is 4.79 Å². The number of aryl methyl sites for hydroxylation is 1. The second-order valence-electron chi connectivity index (χ2n) is 6.73. The molecule has 2 aliphatic heterocycles. The summed E-state index contributed by atoms with van der Waals surface area (Å²) < 4.78 is 0. The molecule has 1 fully saturated rings. The molecular weight excluding hydrogens is 304 g/mol. The summed E-state index contributed by atoms with van der Waals surface area (Å²) in [5.41, 5.74) is 8.47. The van der Waals surface area contributed by atoms with Crippen LogP contribution in [0.2, 0.25) is 0 Å². The number of nitrogens with zero attached hydrogens (tertiary/aromatic N) is 3. The predicted octanol–water partition coefficient (Wildman–Crippen LogP) is 1.52. The molecule has 1 saturated heterocycles. The van der Waals surface area contributed by atoms with E-state index in [1.807, 2.05) is 0 Å². The van der Waals surface area contributed by atoms with E-state index in [1.54, 1.807) is 0 Å². The Balaban J connectivity index is 1.77. The number of rotatable bonds is 1. The van der Waals surface area contributed by atoms with Crippen LogP contribution in [0.25, 0.3) is 0 Å². The Hall–Kier alpha value is -2.70. The Morgan fingerprint density at radius 1 is 1.21 bits per heavy atom. The number of anilines is 4. The van der Waals surface area contributed by atoms with Crippen molar-refractivity contribution >= 4 is 23.1 Å². The number of aromatic amines is 1. The van der Waals surface area contributed by atoms with Crippen LogP contribution < -0.4 is 26.4 Å². The van der Waals surface area contributed by atoms with Crippen molar-refractivity contribution in [3.05, 3.63) is 40.2 Å². The smallest absolute Gasteiger partial charge is 0.278 e. The summed E-state index contributed by atoms with van der Waals surface area (Å²) in [5, 5.41) is 3.35. The summed E-state index contributed by atoms with van der Waals surface area (Å²) in [5.74, 6) is 0.706. The molecule has 0 amide bonds. The second-order valence-corrected chi connectivity index (χ2v) is 6.73. The number of hydrogen-bond acceptors (Lipinski definition) is 6. The molecule has 1 aromatic heterocycles. The zero-order valence-corrected chi connectivity index (χ0v) is 14.1. The molecule has 0 unspecified atom stereocenters. The van der Waals surface area contributed by atoms with Gasteiger partial charge in [-0.3, -0.25) is 9.78 Å². The number of aromatic nitrogens is 2. The highest BCUT2D eigenvalue weighted by atomic mass is 16.1. The first-order valence-corrected chi connectivity index (χ1v) is 8.22. The van der Waals surface area contributed by atoms with Gasteiger partial charge in [0.15, 0.2) is 5.82 Å². The van der Waals surface area contributed by atoms with Crippen molar-refractivity contribution in [1.82, 2.24) is 9.97 Å². The fourth-order valence-electron chi connectivity index (χ4n) is 3.95. The monoisotopic (exact) mass is 326 g/mol. The van der Waals surface area contributed by atoms with E-state index in [1.165, 1.54) is 5.56 Å². The molecule has 2 aliphatic rings. The van der Waals surface area contributed by atoms with Gasteiger partial charge in [-0.15, -0.1) is 0 Å². The van der Waals surface area contributed by atoms with Gasteiger partial charge in [-0.1, -0.05) is 17.7 Å². The molecule has 7 nitrogen and oxygen atoms in total. The van der Waals surface area contributed by atoms with E-state index >= 15 is 0 Å². The van der Waals surface area contributed by atoms with Crippen molar-refractivity contribution < 1.29 is 0 Å². The van der Waals surface area contributed by atoms with Gasteiger partial charge in [0.25, 0.3) is 5.56 Å². The van der Waals surface area contributed by atoms with Gasteiger partial charge in [0, 0.05) is 11.7 Å². The van der Waals surface area contributed by atoms with Crippen LogP contribution in [0.5, 0.6) is 0 Å². The fourth-order valence-corrected chi connectivity index (χ4v) is 3.95. The first-order chi connectivity index (χ1) is 11.5. The predicted molar refractivity (Wildman–Crippen MR) is 96.6 cm³/mol. The summed E-state index contributed by atoms with van der Waals surface area (Å²) in [6.07, 6.45) is 0. The second kappa shape index (κ2) is 5.15. The molecule has 4 rings (SSSR count). The van der Waals surface area contributed by atoms with Gasteiger partial charge >= 0.3 is 0 Å². The molecule has 0 bridgehead atoms. The lowest BCUT2D eigenvalue weighted by Gasteiger charge is -2.37. The molecule has 2 aromatic rings.